The zero-order valence-corrected chi connectivity index (χ0v) is 19.1. The van der Waals surface area contributed by atoms with Gasteiger partial charge in [0.1, 0.15) is 4.83 Å². The number of hydrogen-bond donors (Lipinski definition) is 1. The molecule has 2 aromatic heterocycles. The Labute approximate surface area is 194 Å². The molecule has 4 aromatic rings. The van der Waals surface area contributed by atoms with Gasteiger partial charge in [-0.05, 0) is 37.1 Å². The van der Waals surface area contributed by atoms with Gasteiger partial charge in [-0.1, -0.05) is 35.9 Å². The van der Waals surface area contributed by atoms with E-state index in [2.05, 4.69) is 10.3 Å². The van der Waals surface area contributed by atoms with Gasteiger partial charge in [0.2, 0.25) is 12.7 Å². The van der Waals surface area contributed by atoms with Crippen LogP contribution in [0.2, 0.25) is 0 Å². The largest absolute Gasteiger partial charge is 0.454 e. The number of ether oxygens (including phenoxy) is 2. The molecule has 7 nitrogen and oxygen atoms in total. The van der Waals surface area contributed by atoms with Crippen LogP contribution in [0.5, 0.6) is 11.5 Å². The minimum atomic E-state index is -0.200. The highest BCUT2D eigenvalue weighted by molar-refractivity contribution is 7.17. The molecule has 5 rings (SSSR count). The number of fused-ring (bicyclic) bond motifs is 2. The van der Waals surface area contributed by atoms with E-state index in [1.165, 1.54) is 22.2 Å². The van der Waals surface area contributed by atoms with E-state index in [1.807, 2.05) is 61.7 Å². The summed E-state index contributed by atoms with van der Waals surface area (Å²) in [5, 5.41) is 5.55. The zero-order chi connectivity index (χ0) is 22.9. The number of thiophene rings is 1. The van der Waals surface area contributed by atoms with Crippen LogP contribution in [0, 0.1) is 6.92 Å². The highest BCUT2D eigenvalue weighted by Crippen LogP contribution is 2.34. The number of carbonyl (C=O) groups excluding carboxylic acids is 1. The number of nitrogens with zero attached hydrogens (tertiary/aromatic N) is 2. The van der Waals surface area contributed by atoms with Crippen molar-refractivity contribution in [2.24, 2.45) is 0 Å². The van der Waals surface area contributed by atoms with Crippen molar-refractivity contribution in [3.8, 4) is 22.6 Å². The lowest BCUT2D eigenvalue weighted by Crippen LogP contribution is -2.29. The predicted octanol–water partition coefficient (Wildman–Crippen LogP) is 4.43. The molecular formula is C25H23N3O4S. The van der Waals surface area contributed by atoms with Crippen LogP contribution in [0.3, 0.4) is 0 Å². The molecule has 1 N–H and O–H groups in total. The topological polar surface area (TPSA) is 82.5 Å². The Balaban J connectivity index is 1.29. The first-order valence-corrected chi connectivity index (χ1v) is 11.6. The van der Waals surface area contributed by atoms with Gasteiger partial charge in [-0.25, -0.2) is 4.98 Å². The summed E-state index contributed by atoms with van der Waals surface area (Å²) in [5.41, 5.74) is 3.82. The predicted molar refractivity (Wildman–Crippen MR) is 128 cm³/mol. The quantitative estimate of drug-likeness (QED) is 0.459. The summed E-state index contributed by atoms with van der Waals surface area (Å²) in [6.45, 7) is 4.41. The number of carbonyl (C=O) groups is 1. The lowest BCUT2D eigenvalue weighted by Gasteiger charge is -2.15. The Morgan fingerprint density at radius 1 is 1.18 bits per heavy atom. The molecule has 8 heteroatoms. The molecule has 0 fully saturated rings. The van der Waals surface area contributed by atoms with Crippen LogP contribution in [0.1, 0.15) is 30.5 Å². The summed E-state index contributed by atoms with van der Waals surface area (Å²) >= 11 is 1.45. The monoisotopic (exact) mass is 461 g/mol. The van der Waals surface area contributed by atoms with Crippen molar-refractivity contribution in [3.63, 3.8) is 0 Å². The van der Waals surface area contributed by atoms with Crippen LogP contribution in [0.25, 0.3) is 21.3 Å². The zero-order valence-electron chi connectivity index (χ0n) is 18.3. The smallest absolute Gasteiger partial charge is 0.262 e. The second-order valence-corrected chi connectivity index (χ2v) is 8.95. The highest BCUT2D eigenvalue weighted by Gasteiger charge is 2.18. The standard InChI is InChI=1S/C25H23N3O4S/c1-15-3-5-17(6-4-15)19-12-33-24-23(19)25(30)28(13-26-24)10-9-22(29)27-16(2)18-7-8-20-21(11-18)32-14-31-20/h3-8,11-13,16H,9-10,14H2,1-2H3,(H,27,29)/t16-/m0/s1. The van der Waals surface area contributed by atoms with E-state index in [-0.39, 0.29) is 37.3 Å². The van der Waals surface area contributed by atoms with E-state index in [0.717, 1.165) is 22.3 Å². The summed E-state index contributed by atoms with van der Waals surface area (Å²) in [4.78, 5) is 30.9. The highest BCUT2D eigenvalue weighted by atomic mass is 32.1. The van der Waals surface area contributed by atoms with Crippen LogP contribution in [-0.4, -0.2) is 22.3 Å². The second kappa shape index (κ2) is 8.71. The first-order valence-electron chi connectivity index (χ1n) is 10.7. The van der Waals surface area contributed by atoms with Gasteiger partial charge in [-0.3, -0.25) is 14.2 Å². The van der Waals surface area contributed by atoms with Crippen LogP contribution in [0.4, 0.5) is 0 Å². The molecule has 0 radical (unpaired) electrons. The number of aryl methyl sites for hydroxylation is 2. The van der Waals surface area contributed by atoms with E-state index in [1.54, 1.807) is 0 Å². The van der Waals surface area contributed by atoms with Crippen molar-refractivity contribution in [1.29, 1.82) is 0 Å². The van der Waals surface area contributed by atoms with Gasteiger partial charge in [0.05, 0.1) is 17.8 Å². The van der Waals surface area contributed by atoms with Crippen LogP contribution >= 0.6 is 11.3 Å². The van der Waals surface area contributed by atoms with Crippen molar-refractivity contribution in [1.82, 2.24) is 14.9 Å². The molecule has 0 spiro atoms. The third-order valence-corrected chi connectivity index (χ3v) is 6.66. The molecule has 1 amide bonds. The van der Waals surface area contributed by atoms with Crippen molar-refractivity contribution in [2.75, 3.05) is 6.79 Å². The average molecular weight is 462 g/mol. The molecule has 0 saturated carbocycles. The van der Waals surface area contributed by atoms with Crippen LogP contribution in [-0.2, 0) is 11.3 Å². The molecule has 33 heavy (non-hydrogen) atoms. The van der Waals surface area contributed by atoms with Crippen molar-refractivity contribution in [2.45, 2.75) is 32.9 Å². The number of rotatable bonds is 6. The van der Waals surface area contributed by atoms with Crippen LogP contribution in [0.15, 0.2) is 59.0 Å². The Morgan fingerprint density at radius 3 is 2.79 bits per heavy atom. The summed E-state index contributed by atoms with van der Waals surface area (Å²) in [7, 11) is 0. The molecule has 0 saturated heterocycles. The van der Waals surface area contributed by atoms with Crippen molar-refractivity contribution in [3.05, 3.63) is 75.7 Å². The lowest BCUT2D eigenvalue weighted by atomic mass is 10.1. The Bertz CT molecular complexity index is 1390. The first kappa shape index (κ1) is 21.2. The number of hydrogen-bond acceptors (Lipinski definition) is 6. The SMILES string of the molecule is Cc1ccc(-c2csc3ncn(CCC(=O)N[C@@H](C)c4ccc5c(c4)OCO5)c(=O)c23)cc1. The minimum absolute atomic E-state index is 0.131. The van der Waals surface area contributed by atoms with Gasteiger partial charge in [-0.15, -0.1) is 11.3 Å². The summed E-state index contributed by atoms with van der Waals surface area (Å²) in [6.07, 6.45) is 1.70. The normalized spacial score (nSPS) is 13.3. The van der Waals surface area contributed by atoms with Crippen LogP contribution < -0.4 is 20.3 Å². The molecule has 1 aliphatic rings. The lowest BCUT2D eigenvalue weighted by molar-refractivity contribution is -0.121. The fraction of sp³-hybridized carbons (Fsp3) is 0.240. The number of benzene rings is 2. The van der Waals surface area contributed by atoms with Gasteiger partial charge in [-0.2, -0.15) is 0 Å². The molecule has 168 valence electrons. The molecule has 1 atom stereocenters. The Hall–Kier alpha value is -3.65. The fourth-order valence-corrected chi connectivity index (χ4v) is 4.78. The van der Waals surface area contributed by atoms with E-state index >= 15 is 0 Å². The Morgan fingerprint density at radius 2 is 1.97 bits per heavy atom. The Kier molecular flexibility index (Phi) is 5.60. The molecule has 1 aliphatic heterocycles. The minimum Gasteiger partial charge on any atom is -0.454 e. The maximum absolute atomic E-state index is 13.2. The molecule has 0 aliphatic carbocycles. The molecule has 2 aromatic carbocycles. The third-order valence-electron chi connectivity index (χ3n) is 5.78. The number of aromatic nitrogens is 2. The second-order valence-electron chi connectivity index (χ2n) is 8.09. The fourth-order valence-electron chi connectivity index (χ4n) is 3.87. The van der Waals surface area contributed by atoms with Gasteiger partial charge in [0.15, 0.2) is 11.5 Å². The number of nitrogens with one attached hydrogen (secondary N) is 1. The first-order chi connectivity index (χ1) is 16.0. The molecule has 0 unspecified atom stereocenters. The van der Waals surface area contributed by atoms with Crippen molar-refractivity contribution < 1.29 is 14.3 Å². The van der Waals surface area contributed by atoms with Gasteiger partial charge < -0.3 is 14.8 Å². The van der Waals surface area contributed by atoms with Gasteiger partial charge in [0.25, 0.3) is 5.56 Å². The van der Waals surface area contributed by atoms with E-state index in [0.29, 0.717) is 21.7 Å². The van der Waals surface area contributed by atoms with Crippen molar-refractivity contribution >= 4 is 27.5 Å². The van der Waals surface area contributed by atoms with Gasteiger partial charge in [0, 0.05) is 23.9 Å². The molecular weight excluding hydrogens is 438 g/mol. The maximum atomic E-state index is 13.2. The third kappa shape index (κ3) is 4.21. The van der Waals surface area contributed by atoms with E-state index in [4.69, 9.17) is 9.47 Å². The number of amides is 1. The molecule has 0 bridgehead atoms. The molecule has 3 heterocycles. The summed E-state index contributed by atoms with van der Waals surface area (Å²) in [6, 6.07) is 13.5. The average Bonchev–Trinajstić information content (AvgIpc) is 3.46. The summed E-state index contributed by atoms with van der Waals surface area (Å²) in [5.74, 6) is 1.24. The van der Waals surface area contributed by atoms with E-state index in [9.17, 15) is 9.59 Å². The maximum Gasteiger partial charge on any atom is 0.262 e. The summed E-state index contributed by atoms with van der Waals surface area (Å²) < 4.78 is 12.3. The van der Waals surface area contributed by atoms with E-state index < -0.39 is 0 Å². The van der Waals surface area contributed by atoms with Gasteiger partial charge >= 0.3 is 0 Å².